The molecule has 30 heavy (non-hydrogen) atoms. The number of benzene rings is 1. The van der Waals surface area contributed by atoms with Gasteiger partial charge in [-0.2, -0.15) is 0 Å². The van der Waals surface area contributed by atoms with Crippen LogP contribution >= 0.6 is 0 Å². The minimum atomic E-state index is -1.05. The number of hydrogen-bond acceptors (Lipinski definition) is 8. The van der Waals surface area contributed by atoms with Crippen LogP contribution in [0.15, 0.2) is 24.3 Å². The second-order valence-electron chi connectivity index (χ2n) is 8.37. The Morgan fingerprint density at radius 2 is 1.60 bits per heavy atom. The quantitative estimate of drug-likeness (QED) is 0.610. The van der Waals surface area contributed by atoms with Gasteiger partial charge in [0, 0.05) is 0 Å². The number of nitrogens with one attached hydrogen (secondary N) is 2. The molecule has 0 bridgehead atoms. The topological polar surface area (TPSA) is 125 Å². The highest BCUT2D eigenvalue weighted by molar-refractivity contribution is 5.96. The molecule has 10 nitrogen and oxygen atoms in total. The van der Waals surface area contributed by atoms with Gasteiger partial charge in [0.15, 0.2) is 24.0 Å². The number of aromatic hydroxyl groups is 1. The molecular weight excluding hydrogens is 396 g/mol. The third-order valence-corrected chi connectivity index (χ3v) is 5.01. The average molecular weight is 422 g/mol. The number of carbonyl (C=O) groups is 2. The first-order valence-electron chi connectivity index (χ1n) is 9.77. The van der Waals surface area contributed by atoms with Gasteiger partial charge in [-0.3, -0.25) is 9.59 Å². The molecule has 0 saturated carbocycles. The largest absolute Gasteiger partial charge is 0.506 e. The Kier molecular flexibility index (Phi) is 5.23. The van der Waals surface area contributed by atoms with Crippen molar-refractivity contribution in [3.05, 3.63) is 24.3 Å². The van der Waals surface area contributed by atoms with Gasteiger partial charge in [0.2, 0.25) is 5.91 Å². The summed E-state index contributed by atoms with van der Waals surface area (Å²) in [5.74, 6) is -2.92. The van der Waals surface area contributed by atoms with E-state index in [1.807, 2.05) is 0 Å². The number of para-hydroxylation sites is 2. The third kappa shape index (κ3) is 4.14. The second-order valence-corrected chi connectivity index (χ2v) is 8.37. The molecule has 3 N–H and O–H groups in total. The van der Waals surface area contributed by atoms with Crippen molar-refractivity contribution in [2.24, 2.45) is 0 Å². The van der Waals surface area contributed by atoms with Crippen molar-refractivity contribution in [2.45, 2.75) is 70.0 Å². The first-order valence-corrected chi connectivity index (χ1v) is 9.77. The lowest BCUT2D eigenvalue weighted by molar-refractivity contribution is -0.231. The van der Waals surface area contributed by atoms with E-state index >= 15 is 0 Å². The van der Waals surface area contributed by atoms with E-state index in [0.717, 1.165) is 0 Å². The molecule has 3 heterocycles. The third-order valence-electron chi connectivity index (χ3n) is 5.01. The Labute approximate surface area is 173 Å². The van der Waals surface area contributed by atoms with Crippen molar-refractivity contribution in [1.82, 2.24) is 5.32 Å². The molecule has 5 atom stereocenters. The Morgan fingerprint density at radius 1 is 0.967 bits per heavy atom. The minimum absolute atomic E-state index is 0.0681. The summed E-state index contributed by atoms with van der Waals surface area (Å²) >= 11 is 0. The summed E-state index contributed by atoms with van der Waals surface area (Å²) in [6, 6.07) is 6.31. The Bertz CT molecular complexity index is 842. The molecular formula is C20H26N2O8. The smallest absolute Gasteiger partial charge is 0.252 e. The first-order chi connectivity index (χ1) is 14.0. The molecule has 3 aliphatic rings. The van der Waals surface area contributed by atoms with E-state index < -0.39 is 54.1 Å². The summed E-state index contributed by atoms with van der Waals surface area (Å²) in [6.45, 7) is 6.68. The summed E-state index contributed by atoms with van der Waals surface area (Å²) in [7, 11) is 0. The predicted octanol–water partition coefficient (Wildman–Crippen LogP) is 0.843. The highest BCUT2D eigenvalue weighted by Crippen LogP contribution is 2.44. The molecule has 0 spiro atoms. The van der Waals surface area contributed by atoms with Crippen LogP contribution in [-0.2, 0) is 33.3 Å². The number of fused-ring (bicyclic) bond motifs is 3. The Hall–Kier alpha value is -2.24. The highest BCUT2D eigenvalue weighted by atomic mass is 16.9. The fourth-order valence-corrected chi connectivity index (χ4v) is 3.87. The second kappa shape index (κ2) is 7.47. The summed E-state index contributed by atoms with van der Waals surface area (Å²) in [4.78, 5) is 25.0. The number of amides is 2. The van der Waals surface area contributed by atoms with E-state index in [2.05, 4.69) is 10.6 Å². The number of ether oxygens (including phenoxy) is 5. The van der Waals surface area contributed by atoms with Gasteiger partial charge >= 0.3 is 0 Å². The van der Waals surface area contributed by atoms with Gasteiger partial charge in [-0.25, -0.2) is 0 Å². The van der Waals surface area contributed by atoms with Gasteiger partial charge in [-0.15, -0.1) is 0 Å². The van der Waals surface area contributed by atoms with Gasteiger partial charge < -0.3 is 39.4 Å². The van der Waals surface area contributed by atoms with Crippen LogP contribution < -0.4 is 10.6 Å². The van der Waals surface area contributed by atoms with Crippen LogP contribution in [-0.4, -0.2) is 65.7 Å². The van der Waals surface area contributed by atoms with E-state index in [9.17, 15) is 14.7 Å². The Balaban J connectivity index is 1.41. The minimum Gasteiger partial charge on any atom is -0.506 e. The molecule has 10 heteroatoms. The molecule has 3 aliphatic heterocycles. The molecule has 0 aliphatic carbocycles. The monoisotopic (exact) mass is 422 g/mol. The highest BCUT2D eigenvalue weighted by Gasteiger charge is 2.62. The normalized spacial score (nSPS) is 33.4. The summed E-state index contributed by atoms with van der Waals surface area (Å²) in [5, 5.41) is 14.8. The van der Waals surface area contributed by atoms with E-state index in [1.165, 1.54) is 6.07 Å². The predicted molar refractivity (Wildman–Crippen MR) is 102 cm³/mol. The van der Waals surface area contributed by atoms with Crippen molar-refractivity contribution < 1.29 is 38.4 Å². The van der Waals surface area contributed by atoms with Crippen LogP contribution in [0, 0.1) is 0 Å². The van der Waals surface area contributed by atoms with Crippen LogP contribution in [0.5, 0.6) is 5.75 Å². The average Bonchev–Trinajstić information content (AvgIpc) is 3.14. The van der Waals surface area contributed by atoms with Crippen molar-refractivity contribution >= 4 is 17.5 Å². The van der Waals surface area contributed by atoms with Crippen LogP contribution in [0.25, 0.3) is 0 Å². The maximum atomic E-state index is 12.8. The summed E-state index contributed by atoms with van der Waals surface area (Å²) in [6.07, 6.45) is -3.68. The van der Waals surface area contributed by atoms with Crippen LogP contribution in [0.3, 0.4) is 0 Å². The SMILES string of the molecule is CC1(C)O[C@@H]2O[C@H](C(=O)NCC(=O)Nc3ccccc3O)[C@@H]3OC(C)(C)O[C@@H]3[C@@H]2O1. The van der Waals surface area contributed by atoms with Gasteiger partial charge in [-0.05, 0) is 39.8 Å². The van der Waals surface area contributed by atoms with E-state index in [4.69, 9.17) is 23.7 Å². The molecule has 1 aromatic carbocycles. The van der Waals surface area contributed by atoms with E-state index in [-0.39, 0.29) is 18.0 Å². The molecule has 3 fully saturated rings. The maximum Gasteiger partial charge on any atom is 0.252 e. The number of hydrogen-bond donors (Lipinski definition) is 3. The van der Waals surface area contributed by atoms with Gasteiger partial charge in [0.1, 0.15) is 24.1 Å². The van der Waals surface area contributed by atoms with E-state index in [0.29, 0.717) is 0 Å². The maximum absolute atomic E-state index is 12.8. The number of phenolic OH excluding ortho intramolecular Hbond substituents is 1. The molecule has 0 radical (unpaired) electrons. The summed E-state index contributed by atoms with van der Waals surface area (Å²) in [5.41, 5.74) is 0.251. The van der Waals surface area contributed by atoms with Gasteiger partial charge in [0.05, 0.1) is 12.2 Å². The molecule has 2 amide bonds. The fourth-order valence-electron chi connectivity index (χ4n) is 3.87. The number of carbonyl (C=O) groups excluding carboxylic acids is 2. The molecule has 1 aromatic rings. The number of phenols is 1. The number of anilines is 1. The standard InChI is InChI=1S/C20H26N2O8/c1-19(2)27-13-14(28-19)16-18(30-20(3,4)29-16)26-15(13)17(25)21-9-12(24)22-10-7-5-6-8-11(10)23/h5-8,13-16,18,23H,9H2,1-4H3,(H,21,25)(H,22,24)/t13-,14+,15+,16+,18+/m1/s1. The van der Waals surface area contributed by atoms with E-state index in [1.54, 1.807) is 45.9 Å². The first kappa shape index (κ1) is 21.0. The fraction of sp³-hybridized carbons (Fsp3) is 0.600. The zero-order valence-electron chi connectivity index (χ0n) is 17.2. The van der Waals surface area contributed by atoms with Crippen LogP contribution in [0.1, 0.15) is 27.7 Å². The number of rotatable bonds is 4. The van der Waals surface area contributed by atoms with Crippen molar-refractivity contribution in [3.63, 3.8) is 0 Å². The Morgan fingerprint density at radius 3 is 2.33 bits per heavy atom. The van der Waals surface area contributed by atoms with Gasteiger partial charge in [0.25, 0.3) is 5.91 Å². The zero-order valence-corrected chi connectivity index (χ0v) is 17.2. The molecule has 164 valence electrons. The van der Waals surface area contributed by atoms with Gasteiger partial charge in [-0.1, -0.05) is 12.1 Å². The molecule has 0 unspecified atom stereocenters. The lowest BCUT2D eigenvalue weighted by atomic mass is 9.98. The van der Waals surface area contributed by atoms with Crippen LogP contribution in [0.4, 0.5) is 5.69 Å². The van der Waals surface area contributed by atoms with Crippen molar-refractivity contribution in [3.8, 4) is 5.75 Å². The zero-order chi connectivity index (χ0) is 21.7. The van der Waals surface area contributed by atoms with Crippen molar-refractivity contribution in [2.75, 3.05) is 11.9 Å². The van der Waals surface area contributed by atoms with Crippen LogP contribution in [0.2, 0.25) is 0 Å². The molecule has 3 saturated heterocycles. The summed E-state index contributed by atoms with van der Waals surface area (Å²) < 4.78 is 29.4. The molecule has 4 rings (SSSR count). The lowest BCUT2D eigenvalue weighted by Crippen LogP contribution is -2.59. The lowest BCUT2D eigenvalue weighted by Gasteiger charge is -2.36. The van der Waals surface area contributed by atoms with Crippen molar-refractivity contribution in [1.29, 1.82) is 0 Å². The molecule has 0 aromatic heterocycles.